The van der Waals surface area contributed by atoms with E-state index in [0.29, 0.717) is 69.8 Å². The van der Waals surface area contributed by atoms with Crippen LogP contribution < -0.4 is 25.3 Å². The number of nitrogens with one attached hydrogen (secondary N) is 1. The van der Waals surface area contributed by atoms with E-state index in [9.17, 15) is 9.59 Å². The predicted octanol–water partition coefficient (Wildman–Crippen LogP) is 6.39. The summed E-state index contributed by atoms with van der Waals surface area (Å²) in [4.78, 5) is 23.4. The number of para-hydroxylation sites is 1. The molecule has 0 heterocycles. The number of nitrogens with two attached hydrogens (primary N) is 1. The van der Waals surface area contributed by atoms with Gasteiger partial charge >= 0.3 is 0 Å². The van der Waals surface area contributed by atoms with Crippen LogP contribution in [-0.4, -0.2) is 24.5 Å². The Morgan fingerprint density at radius 1 is 0.674 bits per heavy atom. The molecule has 1 atom stereocenters. The molecule has 0 aliphatic heterocycles. The zero-order valence-corrected chi connectivity index (χ0v) is 24.5. The van der Waals surface area contributed by atoms with E-state index in [1.165, 1.54) is 0 Å². The van der Waals surface area contributed by atoms with E-state index >= 15 is 0 Å². The number of carbonyl (C=O) groups excluding carboxylic acids is 2. The molecule has 0 saturated heterocycles. The highest BCUT2D eigenvalue weighted by Gasteiger charge is 2.15. The van der Waals surface area contributed by atoms with E-state index < -0.39 is 0 Å². The fourth-order valence-corrected chi connectivity index (χ4v) is 4.53. The smallest absolute Gasteiger partial charge is 0.220 e. The van der Waals surface area contributed by atoms with Crippen molar-refractivity contribution < 1.29 is 23.8 Å². The maximum absolute atomic E-state index is 12.4. The zero-order valence-electron chi connectivity index (χ0n) is 24.5. The van der Waals surface area contributed by atoms with Gasteiger partial charge in [-0.1, -0.05) is 84.9 Å². The SMILES string of the molecule is NC(=O)CCCCC(=O)NCC(CCc1ccc(OCc2ccccc2)c(OCc2ccccc2)c1)Oc1ccccc1. The van der Waals surface area contributed by atoms with Crippen LogP contribution in [0.2, 0.25) is 0 Å². The average Bonchev–Trinajstić information content (AvgIpc) is 3.04. The van der Waals surface area contributed by atoms with Gasteiger partial charge in [0, 0.05) is 12.8 Å². The Bertz CT molecular complexity index is 1400. The van der Waals surface area contributed by atoms with Crippen LogP contribution >= 0.6 is 0 Å². The highest BCUT2D eigenvalue weighted by atomic mass is 16.5. The molecular formula is C36H40N2O5. The van der Waals surface area contributed by atoms with Gasteiger partial charge in [-0.15, -0.1) is 0 Å². The van der Waals surface area contributed by atoms with Crippen molar-refractivity contribution in [3.63, 3.8) is 0 Å². The third-order valence-corrected chi connectivity index (χ3v) is 6.89. The van der Waals surface area contributed by atoms with Gasteiger partial charge in [-0.25, -0.2) is 0 Å². The molecule has 7 nitrogen and oxygen atoms in total. The molecule has 0 aliphatic rings. The standard InChI is InChI=1S/C36H40N2O5/c37-35(39)18-10-11-19-36(40)38-25-32(43-31-16-8-3-9-17-31)22-20-28-21-23-33(41-26-29-12-4-1-5-13-29)34(24-28)42-27-30-14-6-2-7-15-30/h1-9,12-17,21,23-24,32H,10-11,18-20,22,25-27H2,(H2,37,39)(H,38,40). The molecule has 0 saturated carbocycles. The topological polar surface area (TPSA) is 99.9 Å². The fraction of sp³-hybridized carbons (Fsp3) is 0.278. The van der Waals surface area contributed by atoms with Crippen molar-refractivity contribution in [3.05, 3.63) is 126 Å². The van der Waals surface area contributed by atoms with Crippen LogP contribution in [0, 0.1) is 0 Å². The molecule has 43 heavy (non-hydrogen) atoms. The highest BCUT2D eigenvalue weighted by Crippen LogP contribution is 2.31. The Hall–Kier alpha value is -4.78. The van der Waals surface area contributed by atoms with Crippen molar-refractivity contribution in [3.8, 4) is 17.2 Å². The molecular weight excluding hydrogens is 540 g/mol. The maximum atomic E-state index is 12.4. The summed E-state index contributed by atoms with van der Waals surface area (Å²) in [5, 5.41) is 2.99. The van der Waals surface area contributed by atoms with Gasteiger partial charge in [0.05, 0.1) is 6.54 Å². The first-order valence-corrected chi connectivity index (χ1v) is 14.8. The minimum atomic E-state index is -0.346. The molecule has 0 radical (unpaired) electrons. The number of hydrogen-bond acceptors (Lipinski definition) is 5. The average molecular weight is 581 g/mol. The molecule has 4 aromatic rings. The number of hydrogen-bond donors (Lipinski definition) is 2. The maximum Gasteiger partial charge on any atom is 0.220 e. The van der Waals surface area contributed by atoms with Crippen molar-refractivity contribution in [1.29, 1.82) is 0 Å². The first-order valence-electron chi connectivity index (χ1n) is 14.8. The number of carbonyl (C=O) groups is 2. The Morgan fingerprint density at radius 2 is 1.26 bits per heavy atom. The lowest BCUT2D eigenvalue weighted by molar-refractivity contribution is -0.122. The molecule has 1 unspecified atom stereocenters. The second-order valence-corrected chi connectivity index (χ2v) is 10.4. The van der Waals surface area contributed by atoms with Gasteiger partial charge in [0.2, 0.25) is 11.8 Å². The fourth-order valence-electron chi connectivity index (χ4n) is 4.53. The monoisotopic (exact) mass is 580 g/mol. The third-order valence-electron chi connectivity index (χ3n) is 6.89. The van der Waals surface area contributed by atoms with E-state index in [1.54, 1.807) is 0 Å². The van der Waals surface area contributed by atoms with Gasteiger partial charge in [0.1, 0.15) is 25.1 Å². The molecule has 7 heteroatoms. The predicted molar refractivity (Wildman–Crippen MR) is 168 cm³/mol. The number of rotatable bonds is 18. The summed E-state index contributed by atoms with van der Waals surface area (Å²) < 4.78 is 18.7. The number of ether oxygens (including phenoxy) is 3. The highest BCUT2D eigenvalue weighted by molar-refractivity contribution is 5.76. The summed E-state index contributed by atoms with van der Waals surface area (Å²) in [6.45, 7) is 1.24. The minimum absolute atomic E-state index is 0.0670. The van der Waals surface area contributed by atoms with Crippen molar-refractivity contribution in [2.45, 2.75) is 57.8 Å². The Balaban J connectivity index is 1.40. The van der Waals surface area contributed by atoms with Crippen molar-refractivity contribution in [2.75, 3.05) is 6.54 Å². The summed E-state index contributed by atoms with van der Waals surface area (Å²) >= 11 is 0. The second-order valence-electron chi connectivity index (χ2n) is 10.4. The molecule has 3 N–H and O–H groups in total. The lowest BCUT2D eigenvalue weighted by Gasteiger charge is -2.20. The lowest BCUT2D eigenvalue weighted by atomic mass is 10.1. The molecule has 2 amide bonds. The Labute approximate surface area is 254 Å². The van der Waals surface area contributed by atoms with Gasteiger partial charge in [0.15, 0.2) is 11.5 Å². The summed E-state index contributed by atoms with van der Waals surface area (Å²) in [6.07, 6.45) is 3.01. The van der Waals surface area contributed by atoms with Crippen LogP contribution in [0.1, 0.15) is 48.8 Å². The van der Waals surface area contributed by atoms with Gasteiger partial charge in [-0.3, -0.25) is 9.59 Å². The Morgan fingerprint density at radius 3 is 1.88 bits per heavy atom. The van der Waals surface area contributed by atoms with E-state index in [0.717, 1.165) is 22.4 Å². The largest absolute Gasteiger partial charge is 0.489 e. The van der Waals surface area contributed by atoms with Crippen LogP contribution in [0.5, 0.6) is 17.2 Å². The Kier molecular flexibility index (Phi) is 12.5. The summed E-state index contributed by atoms with van der Waals surface area (Å²) in [5.41, 5.74) is 8.42. The summed E-state index contributed by atoms with van der Waals surface area (Å²) in [6, 6.07) is 35.7. The lowest BCUT2D eigenvalue weighted by Crippen LogP contribution is -2.35. The molecule has 0 aromatic heterocycles. The molecule has 0 bridgehead atoms. The molecule has 0 aliphatic carbocycles. The van der Waals surface area contributed by atoms with Gasteiger partial charge in [-0.2, -0.15) is 0 Å². The van der Waals surface area contributed by atoms with Crippen molar-refractivity contribution in [1.82, 2.24) is 5.32 Å². The number of benzene rings is 4. The number of unbranched alkanes of at least 4 members (excludes halogenated alkanes) is 1. The normalized spacial score (nSPS) is 11.3. The second kappa shape index (κ2) is 17.2. The minimum Gasteiger partial charge on any atom is -0.489 e. The summed E-state index contributed by atoms with van der Waals surface area (Å²) in [7, 11) is 0. The van der Waals surface area contributed by atoms with Crippen LogP contribution in [0.15, 0.2) is 109 Å². The van der Waals surface area contributed by atoms with E-state index in [-0.39, 0.29) is 17.9 Å². The van der Waals surface area contributed by atoms with Crippen LogP contribution in [-0.2, 0) is 29.2 Å². The van der Waals surface area contributed by atoms with E-state index in [4.69, 9.17) is 19.9 Å². The van der Waals surface area contributed by atoms with E-state index in [2.05, 4.69) is 5.32 Å². The first-order chi connectivity index (χ1) is 21.0. The van der Waals surface area contributed by atoms with Crippen LogP contribution in [0.3, 0.4) is 0 Å². The van der Waals surface area contributed by atoms with Crippen molar-refractivity contribution in [2.24, 2.45) is 5.73 Å². The number of amides is 2. The third kappa shape index (κ3) is 11.6. The van der Waals surface area contributed by atoms with Crippen molar-refractivity contribution >= 4 is 11.8 Å². The van der Waals surface area contributed by atoms with Gasteiger partial charge in [-0.05, 0) is 66.6 Å². The van der Waals surface area contributed by atoms with Gasteiger partial charge < -0.3 is 25.3 Å². The van der Waals surface area contributed by atoms with Crippen LogP contribution in [0.25, 0.3) is 0 Å². The van der Waals surface area contributed by atoms with E-state index in [1.807, 2.05) is 109 Å². The zero-order chi connectivity index (χ0) is 30.1. The molecule has 4 aromatic carbocycles. The van der Waals surface area contributed by atoms with Crippen LogP contribution in [0.4, 0.5) is 0 Å². The molecule has 0 fully saturated rings. The quantitative estimate of drug-likeness (QED) is 0.133. The first kappa shape index (κ1) is 31.2. The summed E-state index contributed by atoms with van der Waals surface area (Å²) in [5.74, 6) is 1.70. The molecule has 4 rings (SSSR count). The molecule has 0 spiro atoms. The number of primary amides is 1. The van der Waals surface area contributed by atoms with Gasteiger partial charge in [0.25, 0.3) is 0 Å². The molecule has 224 valence electrons. The number of aryl methyl sites for hydroxylation is 1.